The molecule has 0 aromatic carbocycles. The van der Waals surface area contributed by atoms with Crippen molar-refractivity contribution < 1.29 is 4.79 Å². The Morgan fingerprint density at radius 1 is 1.35 bits per heavy atom. The van der Waals surface area contributed by atoms with E-state index in [2.05, 4.69) is 26.8 Å². The highest BCUT2D eigenvalue weighted by molar-refractivity contribution is 5.95. The minimum Gasteiger partial charge on any atom is -0.327 e. The second-order valence-corrected chi connectivity index (χ2v) is 6.48. The highest BCUT2D eigenvalue weighted by Crippen LogP contribution is 2.23. The topological polar surface area (TPSA) is 43.1 Å². The third-order valence-electron chi connectivity index (χ3n) is 3.22. The van der Waals surface area contributed by atoms with E-state index in [1.54, 1.807) is 0 Å². The molecule has 1 aliphatic rings. The monoisotopic (exact) mass is 237 g/mol. The molecule has 0 radical (unpaired) electrons. The second kappa shape index (κ2) is 6.34. The van der Waals surface area contributed by atoms with Gasteiger partial charge in [-0.2, -0.15) is 0 Å². The number of Topliss-reactive ketones (excluding diaryl/α,β-unsaturated/α-hetero) is 1. The zero-order chi connectivity index (χ0) is 12.9. The van der Waals surface area contributed by atoms with Crippen LogP contribution in [0.4, 0.5) is 0 Å². The third kappa shape index (κ3) is 6.02. The van der Waals surface area contributed by atoms with E-state index in [9.17, 15) is 4.79 Å². The van der Waals surface area contributed by atoms with Crippen LogP contribution >= 0.6 is 0 Å². The van der Waals surface area contributed by atoms with Crippen molar-refractivity contribution in [2.45, 2.75) is 71.8 Å². The molecule has 0 heterocycles. The van der Waals surface area contributed by atoms with Crippen LogP contribution in [0.25, 0.3) is 0 Å². The fourth-order valence-electron chi connectivity index (χ4n) is 2.50. The fraction of sp³-hybridized carbons (Fsp3) is 0.800. The van der Waals surface area contributed by atoms with Crippen LogP contribution in [0, 0.1) is 5.41 Å². The lowest BCUT2D eigenvalue weighted by atomic mass is 9.86. The van der Waals surface area contributed by atoms with Crippen LogP contribution < -0.4 is 5.73 Å². The van der Waals surface area contributed by atoms with E-state index in [1.165, 1.54) is 12.8 Å². The van der Waals surface area contributed by atoms with Crippen molar-refractivity contribution in [2.75, 3.05) is 0 Å². The number of hydrogen-bond donors (Lipinski definition) is 1. The molecule has 0 spiro atoms. The Bertz CT molecular complexity index is 286. The molecule has 17 heavy (non-hydrogen) atoms. The molecule has 0 fully saturated rings. The Morgan fingerprint density at radius 3 is 2.71 bits per heavy atom. The maximum atomic E-state index is 12.1. The molecule has 0 amide bonds. The van der Waals surface area contributed by atoms with Gasteiger partial charge >= 0.3 is 0 Å². The molecule has 1 atom stereocenters. The lowest BCUT2D eigenvalue weighted by Crippen LogP contribution is -2.29. The molecule has 0 aromatic heterocycles. The second-order valence-electron chi connectivity index (χ2n) is 6.48. The molecule has 0 saturated heterocycles. The van der Waals surface area contributed by atoms with Crippen LogP contribution in [-0.4, -0.2) is 11.8 Å². The summed E-state index contributed by atoms with van der Waals surface area (Å²) in [5.41, 5.74) is 7.30. The minimum atomic E-state index is 0.00616. The summed E-state index contributed by atoms with van der Waals surface area (Å²) in [5.74, 6) is 0.281. The first-order valence-corrected chi connectivity index (χ1v) is 6.86. The smallest absolute Gasteiger partial charge is 0.160 e. The number of allylic oxidation sites excluding steroid dienone is 2. The van der Waals surface area contributed by atoms with E-state index < -0.39 is 0 Å². The predicted octanol–water partition coefficient (Wildman–Crippen LogP) is 3.60. The van der Waals surface area contributed by atoms with Gasteiger partial charge in [0.2, 0.25) is 0 Å². The van der Waals surface area contributed by atoms with Gasteiger partial charge < -0.3 is 5.73 Å². The van der Waals surface area contributed by atoms with E-state index >= 15 is 0 Å². The zero-order valence-electron chi connectivity index (χ0n) is 11.6. The van der Waals surface area contributed by atoms with Gasteiger partial charge in [-0.3, -0.25) is 4.79 Å². The van der Waals surface area contributed by atoms with E-state index in [0.29, 0.717) is 6.42 Å². The molecule has 2 N–H and O–H groups in total. The van der Waals surface area contributed by atoms with Gasteiger partial charge in [0, 0.05) is 12.5 Å². The van der Waals surface area contributed by atoms with Gasteiger partial charge in [-0.15, -0.1) is 0 Å². The molecule has 1 aliphatic carbocycles. The Kier molecular flexibility index (Phi) is 5.38. The van der Waals surface area contributed by atoms with Gasteiger partial charge in [0.15, 0.2) is 5.78 Å². The average molecular weight is 237 g/mol. The highest BCUT2D eigenvalue weighted by atomic mass is 16.1. The van der Waals surface area contributed by atoms with Gasteiger partial charge in [0.25, 0.3) is 0 Å². The number of ketones is 1. The van der Waals surface area contributed by atoms with E-state index in [-0.39, 0.29) is 17.2 Å². The molecule has 98 valence electrons. The molecule has 2 heteroatoms. The molecule has 1 rings (SSSR count). The van der Waals surface area contributed by atoms with E-state index in [1.807, 2.05) is 0 Å². The lowest BCUT2D eigenvalue weighted by molar-refractivity contribution is -0.116. The van der Waals surface area contributed by atoms with E-state index in [0.717, 1.165) is 31.3 Å². The van der Waals surface area contributed by atoms with Crippen molar-refractivity contribution in [2.24, 2.45) is 11.1 Å². The first-order chi connectivity index (χ1) is 7.88. The van der Waals surface area contributed by atoms with Gasteiger partial charge in [-0.25, -0.2) is 0 Å². The molecular formula is C15H27NO. The van der Waals surface area contributed by atoms with E-state index in [4.69, 9.17) is 5.73 Å². The molecule has 0 aliphatic heterocycles. The van der Waals surface area contributed by atoms with Crippen molar-refractivity contribution in [3.05, 3.63) is 11.6 Å². The Morgan fingerprint density at radius 2 is 2.06 bits per heavy atom. The summed E-state index contributed by atoms with van der Waals surface area (Å²) < 4.78 is 0. The Labute approximate surface area is 106 Å². The van der Waals surface area contributed by atoms with Crippen molar-refractivity contribution in [1.82, 2.24) is 0 Å². The maximum Gasteiger partial charge on any atom is 0.160 e. The van der Waals surface area contributed by atoms with Crippen molar-refractivity contribution >= 4 is 5.78 Å². The van der Waals surface area contributed by atoms with Crippen LogP contribution in [-0.2, 0) is 4.79 Å². The molecule has 0 saturated carbocycles. The van der Waals surface area contributed by atoms with Crippen LogP contribution in [0.5, 0.6) is 0 Å². The Balaban J connectivity index is 2.45. The lowest BCUT2D eigenvalue weighted by Gasteiger charge is -2.22. The highest BCUT2D eigenvalue weighted by Gasteiger charge is 2.20. The number of nitrogens with two attached hydrogens (primary N) is 1. The van der Waals surface area contributed by atoms with Crippen molar-refractivity contribution in [3.63, 3.8) is 0 Å². The number of carbonyl (C=O) groups is 1. The molecule has 1 unspecified atom stereocenters. The molecule has 0 bridgehead atoms. The SMILES string of the molecule is CC(C)(C)CC(N)CC(=O)C1=CCCCCC1. The third-order valence-corrected chi connectivity index (χ3v) is 3.22. The molecule has 0 aromatic rings. The summed E-state index contributed by atoms with van der Waals surface area (Å²) >= 11 is 0. The minimum absolute atomic E-state index is 0.00616. The maximum absolute atomic E-state index is 12.1. The summed E-state index contributed by atoms with van der Waals surface area (Å²) in [4.78, 5) is 12.1. The first kappa shape index (κ1) is 14.4. The summed E-state index contributed by atoms with van der Waals surface area (Å²) in [5, 5.41) is 0. The average Bonchev–Trinajstić information content (AvgIpc) is 2.41. The summed E-state index contributed by atoms with van der Waals surface area (Å²) in [6, 6.07) is 0.00616. The standard InChI is InChI=1S/C15H27NO/c1-15(2,3)11-13(16)10-14(17)12-8-6-4-5-7-9-12/h8,13H,4-7,9-11,16H2,1-3H3. The van der Waals surface area contributed by atoms with Crippen LogP contribution in [0.1, 0.15) is 65.7 Å². The van der Waals surface area contributed by atoms with Gasteiger partial charge in [-0.05, 0) is 43.1 Å². The van der Waals surface area contributed by atoms with Crippen molar-refractivity contribution in [3.8, 4) is 0 Å². The summed E-state index contributed by atoms with van der Waals surface area (Å²) in [6.07, 6.45) is 9.23. The van der Waals surface area contributed by atoms with Crippen molar-refractivity contribution in [1.29, 1.82) is 0 Å². The number of carbonyl (C=O) groups excluding carboxylic acids is 1. The Hall–Kier alpha value is -0.630. The summed E-state index contributed by atoms with van der Waals surface area (Å²) in [7, 11) is 0. The fourth-order valence-corrected chi connectivity index (χ4v) is 2.50. The van der Waals surface area contributed by atoms with Crippen LogP contribution in [0.15, 0.2) is 11.6 Å². The van der Waals surface area contributed by atoms with Gasteiger partial charge in [-0.1, -0.05) is 33.3 Å². The molecular weight excluding hydrogens is 210 g/mol. The quantitative estimate of drug-likeness (QED) is 0.811. The normalized spacial score (nSPS) is 19.4. The molecule has 2 nitrogen and oxygen atoms in total. The zero-order valence-corrected chi connectivity index (χ0v) is 11.6. The van der Waals surface area contributed by atoms with Gasteiger partial charge in [0.05, 0.1) is 0 Å². The summed E-state index contributed by atoms with van der Waals surface area (Å²) in [6.45, 7) is 6.51. The number of rotatable bonds is 4. The van der Waals surface area contributed by atoms with Crippen LogP contribution in [0.3, 0.4) is 0 Å². The largest absolute Gasteiger partial charge is 0.327 e. The number of hydrogen-bond acceptors (Lipinski definition) is 2. The van der Waals surface area contributed by atoms with Crippen LogP contribution in [0.2, 0.25) is 0 Å². The predicted molar refractivity (Wildman–Crippen MR) is 72.8 cm³/mol. The van der Waals surface area contributed by atoms with Gasteiger partial charge in [0.1, 0.15) is 0 Å². The first-order valence-electron chi connectivity index (χ1n) is 6.86.